The van der Waals surface area contributed by atoms with Gasteiger partial charge in [0.15, 0.2) is 0 Å². The van der Waals surface area contributed by atoms with E-state index in [0.29, 0.717) is 13.0 Å². The number of carbonyl (C=O) groups is 2. The van der Waals surface area contributed by atoms with Gasteiger partial charge in [0.25, 0.3) is 0 Å². The van der Waals surface area contributed by atoms with Gasteiger partial charge in [-0.2, -0.15) is 0 Å². The lowest BCUT2D eigenvalue weighted by molar-refractivity contribution is -0.145. The molecular weight excluding hydrogens is 244 g/mol. The van der Waals surface area contributed by atoms with Gasteiger partial charge in [0.1, 0.15) is 6.61 Å². The van der Waals surface area contributed by atoms with E-state index >= 15 is 0 Å². The van der Waals surface area contributed by atoms with E-state index in [0.717, 1.165) is 24.8 Å². The number of esters is 1. The van der Waals surface area contributed by atoms with E-state index in [1.807, 2.05) is 12.1 Å². The van der Waals surface area contributed by atoms with Gasteiger partial charge in [-0.15, -0.1) is 0 Å². The Bertz CT molecular complexity index is 393. The standard InChI is InChI=1S/C14H20N2O3/c1-12(17)16-9-4-2-3-7-14(18)19-11-13-6-5-8-15-10-13/h5-6,8,10H,2-4,7,9,11H2,1H3,(H,16,17). The quantitative estimate of drug-likeness (QED) is 0.574. The topological polar surface area (TPSA) is 68.3 Å². The minimum atomic E-state index is -0.191. The molecule has 104 valence electrons. The van der Waals surface area contributed by atoms with Crippen LogP contribution in [0.3, 0.4) is 0 Å². The highest BCUT2D eigenvalue weighted by Crippen LogP contribution is 2.04. The highest BCUT2D eigenvalue weighted by atomic mass is 16.5. The fourth-order valence-corrected chi connectivity index (χ4v) is 1.56. The first kappa shape index (κ1) is 15.1. The van der Waals surface area contributed by atoms with Gasteiger partial charge >= 0.3 is 5.97 Å². The summed E-state index contributed by atoms with van der Waals surface area (Å²) in [7, 11) is 0. The number of carbonyl (C=O) groups excluding carboxylic acids is 2. The van der Waals surface area contributed by atoms with Gasteiger partial charge in [-0.25, -0.2) is 0 Å². The van der Waals surface area contributed by atoms with Gasteiger partial charge < -0.3 is 10.1 Å². The molecule has 1 aromatic heterocycles. The predicted molar refractivity (Wildman–Crippen MR) is 71.2 cm³/mol. The molecule has 5 nitrogen and oxygen atoms in total. The van der Waals surface area contributed by atoms with Crippen LogP contribution in [0.2, 0.25) is 0 Å². The predicted octanol–water partition coefficient (Wildman–Crippen LogP) is 1.82. The molecule has 0 bridgehead atoms. The van der Waals surface area contributed by atoms with E-state index in [1.54, 1.807) is 12.4 Å². The minimum Gasteiger partial charge on any atom is -0.461 e. The lowest BCUT2D eigenvalue weighted by Gasteiger charge is -2.05. The van der Waals surface area contributed by atoms with E-state index < -0.39 is 0 Å². The van der Waals surface area contributed by atoms with Crippen LogP contribution in [0.15, 0.2) is 24.5 Å². The zero-order valence-electron chi connectivity index (χ0n) is 11.2. The van der Waals surface area contributed by atoms with Crippen LogP contribution in [0.5, 0.6) is 0 Å². The molecule has 5 heteroatoms. The Hall–Kier alpha value is -1.91. The van der Waals surface area contributed by atoms with E-state index in [-0.39, 0.29) is 18.5 Å². The van der Waals surface area contributed by atoms with Crippen molar-refractivity contribution >= 4 is 11.9 Å². The van der Waals surface area contributed by atoms with Crippen molar-refractivity contribution in [1.82, 2.24) is 10.3 Å². The molecule has 0 saturated carbocycles. The Morgan fingerprint density at radius 1 is 1.32 bits per heavy atom. The number of ether oxygens (including phenoxy) is 1. The summed E-state index contributed by atoms with van der Waals surface area (Å²) in [4.78, 5) is 26.0. The summed E-state index contributed by atoms with van der Waals surface area (Å²) in [6.45, 7) is 2.44. The van der Waals surface area contributed by atoms with Crippen molar-refractivity contribution in [3.63, 3.8) is 0 Å². The number of aromatic nitrogens is 1. The third kappa shape index (κ3) is 7.91. The molecule has 0 aromatic carbocycles. The monoisotopic (exact) mass is 264 g/mol. The minimum absolute atomic E-state index is 0.0177. The lowest BCUT2D eigenvalue weighted by atomic mass is 10.2. The molecule has 0 fully saturated rings. The Labute approximate surface area is 113 Å². The van der Waals surface area contributed by atoms with Gasteiger partial charge in [0, 0.05) is 37.8 Å². The molecule has 1 N–H and O–H groups in total. The van der Waals surface area contributed by atoms with Gasteiger partial charge in [-0.1, -0.05) is 12.5 Å². The van der Waals surface area contributed by atoms with E-state index in [4.69, 9.17) is 4.74 Å². The molecule has 1 aromatic rings. The molecule has 0 saturated heterocycles. The second kappa shape index (κ2) is 9.08. The van der Waals surface area contributed by atoms with Gasteiger partial charge in [-0.05, 0) is 18.9 Å². The maximum absolute atomic E-state index is 11.4. The molecule has 1 rings (SSSR count). The van der Waals surface area contributed by atoms with Crippen molar-refractivity contribution < 1.29 is 14.3 Å². The molecular formula is C14H20N2O3. The van der Waals surface area contributed by atoms with E-state index in [9.17, 15) is 9.59 Å². The molecule has 0 aliphatic rings. The summed E-state index contributed by atoms with van der Waals surface area (Å²) < 4.78 is 5.12. The molecule has 0 spiro atoms. The maximum Gasteiger partial charge on any atom is 0.306 e. The molecule has 1 amide bonds. The number of unbranched alkanes of at least 4 members (excludes halogenated alkanes) is 2. The fourth-order valence-electron chi connectivity index (χ4n) is 1.56. The number of hydrogen-bond acceptors (Lipinski definition) is 4. The largest absolute Gasteiger partial charge is 0.461 e. The summed E-state index contributed by atoms with van der Waals surface area (Å²) in [5.41, 5.74) is 0.890. The molecule has 0 radical (unpaired) electrons. The van der Waals surface area contributed by atoms with Crippen molar-refractivity contribution in [2.75, 3.05) is 6.54 Å². The molecule has 0 unspecified atom stereocenters. The summed E-state index contributed by atoms with van der Waals surface area (Å²) in [6.07, 6.45) is 6.35. The first-order valence-electron chi connectivity index (χ1n) is 6.47. The van der Waals surface area contributed by atoms with Crippen molar-refractivity contribution in [2.24, 2.45) is 0 Å². The van der Waals surface area contributed by atoms with Gasteiger partial charge in [-0.3, -0.25) is 14.6 Å². The maximum atomic E-state index is 11.4. The van der Waals surface area contributed by atoms with Crippen LogP contribution in [0, 0.1) is 0 Å². The van der Waals surface area contributed by atoms with Crippen molar-refractivity contribution in [3.8, 4) is 0 Å². The number of pyridine rings is 1. The lowest BCUT2D eigenvalue weighted by Crippen LogP contribution is -2.20. The Morgan fingerprint density at radius 2 is 2.16 bits per heavy atom. The van der Waals surface area contributed by atoms with E-state index in [2.05, 4.69) is 10.3 Å². The normalized spacial score (nSPS) is 9.95. The van der Waals surface area contributed by atoms with Crippen LogP contribution in [0.4, 0.5) is 0 Å². The molecule has 1 heterocycles. The summed E-state index contributed by atoms with van der Waals surface area (Å²) in [5, 5.41) is 2.72. The number of hydrogen-bond donors (Lipinski definition) is 1. The smallest absolute Gasteiger partial charge is 0.306 e. The first-order chi connectivity index (χ1) is 9.18. The third-order valence-corrected chi connectivity index (χ3v) is 2.55. The molecule has 0 aliphatic carbocycles. The van der Waals surface area contributed by atoms with Crippen LogP contribution in [0.1, 0.15) is 38.2 Å². The zero-order chi connectivity index (χ0) is 13.9. The average molecular weight is 264 g/mol. The number of nitrogens with one attached hydrogen (secondary N) is 1. The third-order valence-electron chi connectivity index (χ3n) is 2.55. The number of nitrogens with zero attached hydrogens (tertiary/aromatic N) is 1. The van der Waals surface area contributed by atoms with Crippen LogP contribution >= 0.6 is 0 Å². The number of amides is 1. The van der Waals surface area contributed by atoms with E-state index in [1.165, 1.54) is 6.92 Å². The summed E-state index contributed by atoms with van der Waals surface area (Å²) >= 11 is 0. The van der Waals surface area contributed by atoms with Crippen LogP contribution < -0.4 is 5.32 Å². The molecule has 0 atom stereocenters. The molecule has 0 aliphatic heterocycles. The fraction of sp³-hybridized carbons (Fsp3) is 0.500. The second-order valence-electron chi connectivity index (χ2n) is 4.32. The van der Waals surface area contributed by atoms with Gasteiger partial charge in [0.2, 0.25) is 5.91 Å². The Morgan fingerprint density at radius 3 is 2.84 bits per heavy atom. The first-order valence-corrected chi connectivity index (χ1v) is 6.47. The zero-order valence-corrected chi connectivity index (χ0v) is 11.2. The van der Waals surface area contributed by atoms with Crippen molar-refractivity contribution in [3.05, 3.63) is 30.1 Å². The van der Waals surface area contributed by atoms with Crippen molar-refractivity contribution in [1.29, 1.82) is 0 Å². The van der Waals surface area contributed by atoms with Crippen LogP contribution in [0.25, 0.3) is 0 Å². The Balaban J connectivity index is 2.01. The van der Waals surface area contributed by atoms with Crippen LogP contribution in [-0.4, -0.2) is 23.4 Å². The van der Waals surface area contributed by atoms with Crippen molar-refractivity contribution in [2.45, 2.75) is 39.2 Å². The Kier molecular flexibility index (Phi) is 7.24. The highest BCUT2D eigenvalue weighted by Gasteiger charge is 2.03. The summed E-state index contributed by atoms with van der Waals surface area (Å²) in [5.74, 6) is -0.209. The summed E-state index contributed by atoms with van der Waals surface area (Å²) in [6, 6.07) is 3.68. The van der Waals surface area contributed by atoms with Gasteiger partial charge in [0.05, 0.1) is 0 Å². The molecule has 19 heavy (non-hydrogen) atoms. The SMILES string of the molecule is CC(=O)NCCCCCC(=O)OCc1cccnc1. The highest BCUT2D eigenvalue weighted by molar-refractivity contribution is 5.72. The second-order valence-corrected chi connectivity index (χ2v) is 4.32. The average Bonchev–Trinajstić information content (AvgIpc) is 2.41. The number of rotatable bonds is 8. The van der Waals surface area contributed by atoms with Crippen LogP contribution in [-0.2, 0) is 20.9 Å².